The Kier molecular flexibility index (Phi) is 3.76. The minimum atomic E-state index is -0.323. The third-order valence-corrected chi connectivity index (χ3v) is 4.37. The van der Waals surface area contributed by atoms with Crippen LogP contribution in [0.3, 0.4) is 0 Å². The molecule has 0 atom stereocenters. The van der Waals surface area contributed by atoms with E-state index in [-0.39, 0.29) is 18.3 Å². The monoisotopic (exact) mass is 333 g/mol. The van der Waals surface area contributed by atoms with Crippen molar-refractivity contribution in [1.29, 1.82) is 0 Å². The Morgan fingerprint density at radius 3 is 2.80 bits per heavy atom. The maximum atomic E-state index is 14.6. The fraction of sp³-hybridized carbons (Fsp3) is 0.150. The summed E-state index contributed by atoms with van der Waals surface area (Å²) in [4.78, 5) is 22.4. The molecule has 3 heterocycles. The van der Waals surface area contributed by atoms with Crippen LogP contribution in [0.5, 0.6) is 0 Å². The zero-order valence-electron chi connectivity index (χ0n) is 13.7. The average molecular weight is 333 g/mol. The smallest absolute Gasteiger partial charge is 0.256 e. The molecule has 3 aromatic rings. The van der Waals surface area contributed by atoms with Gasteiger partial charge in [0.15, 0.2) is 0 Å². The summed E-state index contributed by atoms with van der Waals surface area (Å²) in [6, 6.07) is 10.6. The van der Waals surface area contributed by atoms with Gasteiger partial charge in [0.1, 0.15) is 5.82 Å². The normalized spacial score (nSPS) is 13.2. The molecule has 25 heavy (non-hydrogen) atoms. The second kappa shape index (κ2) is 6.09. The first-order chi connectivity index (χ1) is 12.1. The van der Waals surface area contributed by atoms with Gasteiger partial charge in [-0.05, 0) is 42.3 Å². The van der Waals surface area contributed by atoms with E-state index in [2.05, 4.69) is 9.97 Å². The molecule has 0 N–H and O–H groups in total. The number of benzene rings is 1. The standard InChI is InChI=1S/C20H16FN3O/c1-13-7-16(10-22-9-13)14-4-5-15(18(21)8-14)11-24-12-19-17(20(24)25)3-2-6-23-19/h2-10H,11-12H2,1H3. The van der Waals surface area contributed by atoms with E-state index in [4.69, 9.17) is 0 Å². The third-order valence-electron chi connectivity index (χ3n) is 4.37. The van der Waals surface area contributed by atoms with Crippen molar-refractivity contribution in [1.82, 2.24) is 14.9 Å². The molecule has 1 aliphatic heterocycles. The van der Waals surface area contributed by atoms with Gasteiger partial charge >= 0.3 is 0 Å². The van der Waals surface area contributed by atoms with Crippen LogP contribution in [0.25, 0.3) is 11.1 Å². The number of aryl methyl sites for hydroxylation is 1. The van der Waals surface area contributed by atoms with Crippen LogP contribution >= 0.6 is 0 Å². The van der Waals surface area contributed by atoms with Crippen LogP contribution < -0.4 is 0 Å². The van der Waals surface area contributed by atoms with Crippen LogP contribution in [0.2, 0.25) is 0 Å². The summed E-state index contributed by atoms with van der Waals surface area (Å²) in [7, 11) is 0. The van der Waals surface area contributed by atoms with Gasteiger partial charge in [0, 0.05) is 36.3 Å². The Bertz CT molecular complexity index is 971. The first-order valence-electron chi connectivity index (χ1n) is 8.05. The SMILES string of the molecule is Cc1cncc(-c2ccc(CN3Cc4ncccc4C3=O)c(F)c2)c1. The number of carbonyl (C=O) groups is 1. The van der Waals surface area contributed by atoms with Crippen LogP contribution in [0.4, 0.5) is 4.39 Å². The topological polar surface area (TPSA) is 46.1 Å². The predicted molar refractivity (Wildman–Crippen MR) is 92.2 cm³/mol. The largest absolute Gasteiger partial charge is 0.328 e. The second-order valence-electron chi connectivity index (χ2n) is 6.22. The van der Waals surface area contributed by atoms with E-state index in [9.17, 15) is 9.18 Å². The van der Waals surface area contributed by atoms with Gasteiger partial charge in [-0.2, -0.15) is 0 Å². The quantitative estimate of drug-likeness (QED) is 0.733. The van der Waals surface area contributed by atoms with E-state index < -0.39 is 0 Å². The molecule has 0 bridgehead atoms. The van der Waals surface area contributed by atoms with Crippen molar-refractivity contribution in [2.75, 3.05) is 0 Å². The summed E-state index contributed by atoms with van der Waals surface area (Å²) in [6.45, 7) is 2.59. The number of aromatic nitrogens is 2. The van der Waals surface area contributed by atoms with Crippen molar-refractivity contribution >= 4 is 5.91 Å². The summed E-state index contributed by atoms with van der Waals surface area (Å²) in [6.07, 6.45) is 5.15. The molecule has 0 spiro atoms. The van der Waals surface area contributed by atoms with E-state index in [1.165, 1.54) is 6.07 Å². The van der Waals surface area contributed by atoms with Crippen molar-refractivity contribution in [2.24, 2.45) is 0 Å². The molecule has 0 unspecified atom stereocenters. The number of pyridine rings is 2. The minimum Gasteiger partial charge on any atom is -0.328 e. The van der Waals surface area contributed by atoms with E-state index in [0.717, 1.165) is 22.4 Å². The van der Waals surface area contributed by atoms with E-state index in [1.54, 1.807) is 41.7 Å². The number of carbonyl (C=O) groups excluding carboxylic acids is 1. The van der Waals surface area contributed by atoms with Gasteiger partial charge in [-0.1, -0.05) is 12.1 Å². The zero-order valence-corrected chi connectivity index (χ0v) is 13.7. The molecular weight excluding hydrogens is 317 g/mol. The van der Waals surface area contributed by atoms with Crippen LogP contribution in [-0.2, 0) is 13.1 Å². The average Bonchev–Trinajstić information content (AvgIpc) is 2.93. The van der Waals surface area contributed by atoms with Crippen LogP contribution in [-0.4, -0.2) is 20.8 Å². The molecule has 1 aromatic carbocycles. The molecule has 1 amide bonds. The fourth-order valence-corrected chi connectivity index (χ4v) is 3.08. The van der Waals surface area contributed by atoms with E-state index in [0.29, 0.717) is 17.7 Å². The molecule has 4 nitrogen and oxygen atoms in total. The lowest BCUT2D eigenvalue weighted by molar-refractivity contribution is 0.0765. The molecule has 0 fully saturated rings. The number of halogens is 1. The van der Waals surface area contributed by atoms with Gasteiger partial charge < -0.3 is 4.90 Å². The first-order valence-corrected chi connectivity index (χ1v) is 8.05. The molecule has 2 aromatic heterocycles. The van der Waals surface area contributed by atoms with Gasteiger partial charge in [-0.25, -0.2) is 4.39 Å². The van der Waals surface area contributed by atoms with Gasteiger partial charge in [0.2, 0.25) is 0 Å². The summed E-state index contributed by atoms with van der Waals surface area (Å²) in [5, 5.41) is 0. The number of fused-ring (bicyclic) bond motifs is 1. The lowest BCUT2D eigenvalue weighted by atomic mass is 10.0. The molecule has 4 rings (SSSR count). The van der Waals surface area contributed by atoms with Crippen molar-refractivity contribution in [3.05, 3.63) is 83.2 Å². The number of amides is 1. The van der Waals surface area contributed by atoms with Crippen LogP contribution in [0.1, 0.15) is 27.2 Å². The van der Waals surface area contributed by atoms with Gasteiger partial charge in [0.25, 0.3) is 5.91 Å². The van der Waals surface area contributed by atoms with Crippen LogP contribution in [0, 0.1) is 12.7 Å². The van der Waals surface area contributed by atoms with Crippen LogP contribution in [0.15, 0.2) is 55.0 Å². The lowest BCUT2D eigenvalue weighted by Crippen LogP contribution is -2.23. The van der Waals surface area contributed by atoms with Crippen molar-refractivity contribution in [2.45, 2.75) is 20.0 Å². The highest BCUT2D eigenvalue weighted by atomic mass is 19.1. The Hall–Kier alpha value is -3.08. The zero-order chi connectivity index (χ0) is 17.4. The van der Waals surface area contributed by atoms with Crippen molar-refractivity contribution < 1.29 is 9.18 Å². The molecule has 0 radical (unpaired) electrons. The van der Waals surface area contributed by atoms with Gasteiger partial charge in [0.05, 0.1) is 17.8 Å². The fourth-order valence-electron chi connectivity index (χ4n) is 3.08. The molecular formula is C20H16FN3O. The maximum absolute atomic E-state index is 14.6. The predicted octanol–water partition coefficient (Wildman–Crippen LogP) is 3.75. The van der Waals surface area contributed by atoms with Crippen molar-refractivity contribution in [3.8, 4) is 11.1 Å². The van der Waals surface area contributed by atoms with E-state index in [1.807, 2.05) is 19.1 Å². The minimum absolute atomic E-state index is 0.102. The Morgan fingerprint density at radius 1 is 1.16 bits per heavy atom. The third kappa shape index (κ3) is 2.89. The summed E-state index contributed by atoms with van der Waals surface area (Å²) in [5.74, 6) is -0.426. The highest BCUT2D eigenvalue weighted by Gasteiger charge is 2.28. The Labute approximate surface area is 145 Å². The molecule has 5 heteroatoms. The van der Waals surface area contributed by atoms with Gasteiger partial charge in [-0.3, -0.25) is 14.8 Å². The maximum Gasteiger partial charge on any atom is 0.256 e. The molecule has 0 saturated heterocycles. The second-order valence-corrected chi connectivity index (χ2v) is 6.22. The molecule has 0 saturated carbocycles. The number of hydrogen-bond acceptors (Lipinski definition) is 3. The Balaban J connectivity index is 1.58. The summed E-state index contributed by atoms with van der Waals surface area (Å²) in [5.41, 5.74) is 4.51. The molecule has 0 aliphatic carbocycles. The number of hydrogen-bond donors (Lipinski definition) is 0. The number of nitrogens with zero attached hydrogens (tertiary/aromatic N) is 3. The van der Waals surface area contributed by atoms with Gasteiger partial charge in [-0.15, -0.1) is 0 Å². The number of rotatable bonds is 3. The van der Waals surface area contributed by atoms with Crippen molar-refractivity contribution in [3.63, 3.8) is 0 Å². The molecule has 124 valence electrons. The Morgan fingerprint density at radius 2 is 2.04 bits per heavy atom. The lowest BCUT2D eigenvalue weighted by Gasteiger charge is -2.16. The summed E-state index contributed by atoms with van der Waals surface area (Å²) < 4.78 is 14.6. The first kappa shape index (κ1) is 15.4. The molecule has 1 aliphatic rings. The van der Waals surface area contributed by atoms with E-state index >= 15 is 0 Å². The highest BCUT2D eigenvalue weighted by Crippen LogP contribution is 2.26. The highest BCUT2D eigenvalue weighted by molar-refractivity contribution is 5.97. The summed E-state index contributed by atoms with van der Waals surface area (Å²) >= 11 is 0.